The van der Waals surface area contributed by atoms with E-state index in [1.807, 2.05) is 24.3 Å². The molecule has 0 aromatic heterocycles. The zero-order valence-electron chi connectivity index (χ0n) is 22.6. The van der Waals surface area contributed by atoms with Crippen LogP contribution in [0.15, 0.2) is 36.4 Å². The normalized spacial score (nSPS) is 12.5. The van der Waals surface area contributed by atoms with Gasteiger partial charge in [0.25, 0.3) is 0 Å². The van der Waals surface area contributed by atoms with Crippen LogP contribution in [0.3, 0.4) is 0 Å². The van der Waals surface area contributed by atoms with E-state index in [1.165, 1.54) is 19.8 Å². The summed E-state index contributed by atoms with van der Waals surface area (Å²) >= 11 is 18.9. The molecule has 1 atom stereocenters. The third-order valence-corrected chi connectivity index (χ3v) is 7.09. The molecule has 206 valence electrons. The van der Waals surface area contributed by atoms with Gasteiger partial charge in [0.05, 0.1) is 22.5 Å². The lowest BCUT2D eigenvalue weighted by Crippen LogP contribution is -2.27. The summed E-state index contributed by atoms with van der Waals surface area (Å²) in [6, 6.07) is 11.9. The van der Waals surface area contributed by atoms with Crippen LogP contribution in [0.4, 0.5) is 0 Å². The SMILES string of the molecule is CCCN(CCC)CCCOc1ccc(C(C)(C)c2cc(Cl)c(OC[C@H](CCl)OC(C)=O)c(Cl)c2)cc1. The Hall–Kier alpha value is -1.66. The fourth-order valence-electron chi connectivity index (χ4n) is 4.16. The lowest BCUT2D eigenvalue weighted by atomic mass is 9.78. The Kier molecular flexibility index (Phi) is 13.4. The number of alkyl halides is 1. The van der Waals surface area contributed by atoms with Crippen molar-refractivity contribution in [1.29, 1.82) is 0 Å². The molecule has 0 saturated carbocycles. The molecule has 0 amide bonds. The van der Waals surface area contributed by atoms with Gasteiger partial charge < -0.3 is 19.1 Å². The molecule has 0 fully saturated rings. The Morgan fingerprint density at radius 1 is 0.946 bits per heavy atom. The molecule has 0 bridgehead atoms. The number of carbonyl (C=O) groups excluding carboxylic acids is 1. The molecule has 0 N–H and O–H groups in total. The maximum absolute atomic E-state index is 11.2. The maximum atomic E-state index is 11.2. The Labute approximate surface area is 237 Å². The van der Waals surface area contributed by atoms with Gasteiger partial charge in [-0.15, -0.1) is 11.6 Å². The number of benzene rings is 2. The number of nitrogens with zero attached hydrogens (tertiary/aromatic N) is 1. The van der Waals surface area contributed by atoms with E-state index in [0.29, 0.717) is 22.4 Å². The largest absolute Gasteiger partial charge is 0.494 e. The molecule has 2 aromatic carbocycles. The number of esters is 1. The van der Waals surface area contributed by atoms with Crippen LogP contribution in [0.5, 0.6) is 11.5 Å². The Balaban J connectivity index is 2.02. The highest BCUT2D eigenvalue weighted by molar-refractivity contribution is 6.37. The molecule has 0 unspecified atom stereocenters. The summed E-state index contributed by atoms with van der Waals surface area (Å²) in [4.78, 5) is 13.7. The van der Waals surface area contributed by atoms with E-state index >= 15 is 0 Å². The first kappa shape index (κ1) is 31.6. The van der Waals surface area contributed by atoms with Gasteiger partial charge in [0, 0.05) is 18.9 Å². The van der Waals surface area contributed by atoms with E-state index in [2.05, 4.69) is 44.7 Å². The van der Waals surface area contributed by atoms with Crippen molar-refractivity contribution in [2.24, 2.45) is 0 Å². The molecule has 0 radical (unpaired) electrons. The van der Waals surface area contributed by atoms with Crippen LogP contribution < -0.4 is 9.47 Å². The molecule has 2 aromatic rings. The van der Waals surface area contributed by atoms with Crippen molar-refractivity contribution < 1.29 is 19.0 Å². The van der Waals surface area contributed by atoms with Crippen LogP contribution in [-0.2, 0) is 14.9 Å². The van der Waals surface area contributed by atoms with E-state index < -0.39 is 12.1 Å². The third-order valence-electron chi connectivity index (χ3n) is 6.18. The van der Waals surface area contributed by atoms with Crippen molar-refractivity contribution in [1.82, 2.24) is 4.90 Å². The van der Waals surface area contributed by atoms with Crippen LogP contribution in [-0.4, -0.2) is 55.7 Å². The summed E-state index contributed by atoms with van der Waals surface area (Å²) < 4.78 is 16.9. The lowest BCUT2D eigenvalue weighted by Gasteiger charge is -2.27. The van der Waals surface area contributed by atoms with E-state index in [4.69, 9.17) is 49.0 Å². The van der Waals surface area contributed by atoms with Gasteiger partial charge >= 0.3 is 5.97 Å². The van der Waals surface area contributed by atoms with Gasteiger partial charge in [0.15, 0.2) is 5.75 Å². The fraction of sp³-hybridized carbons (Fsp3) is 0.552. The quantitative estimate of drug-likeness (QED) is 0.117. The minimum Gasteiger partial charge on any atom is -0.494 e. The molecule has 2 rings (SSSR count). The number of ether oxygens (including phenoxy) is 3. The van der Waals surface area contributed by atoms with Crippen LogP contribution in [0, 0.1) is 0 Å². The third kappa shape index (κ3) is 9.86. The molecule has 0 aliphatic carbocycles. The fourth-order valence-corrected chi connectivity index (χ4v) is 4.91. The van der Waals surface area contributed by atoms with Crippen molar-refractivity contribution in [3.05, 3.63) is 57.6 Å². The van der Waals surface area contributed by atoms with Gasteiger partial charge in [0.2, 0.25) is 0 Å². The Morgan fingerprint density at radius 2 is 1.54 bits per heavy atom. The van der Waals surface area contributed by atoms with Crippen LogP contribution in [0.1, 0.15) is 65.0 Å². The average molecular weight is 573 g/mol. The first-order valence-corrected chi connectivity index (χ1v) is 14.2. The first-order valence-electron chi connectivity index (χ1n) is 12.9. The van der Waals surface area contributed by atoms with Crippen molar-refractivity contribution >= 4 is 40.8 Å². The number of halogens is 3. The molecule has 0 aliphatic rings. The molecular weight excluding hydrogens is 533 g/mol. The van der Waals surface area contributed by atoms with Crippen molar-refractivity contribution in [3.8, 4) is 11.5 Å². The topological polar surface area (TPSA) is 48.0 Å². The molecule has 37 heavy (non-hydrogen) atoms. The average Bonchev–Trinajstić information content (AvgIpc) is 2.85. The van der Waals surface area contributed by atoms with Gasteiger partial charge in [-0.2, -0.15) is 0 Å². The van der Waals surface area contributed by atoms with E-state index in [-0.39, 0.29) is 17.9 Å². The predicted molar refractivity (Wildman–Crippen MR) is 154 cm³/mol. The molecule has 5 nitrogen and oxygen atoms in total. The maximum Gasteiger partial charge on any atom is 0.303 e. The molecule has 0 aliphatic heterocycles. The van der Waals surface area contributed by atoms with Crippen molar-refractivity contribution in [3.63, 3.8) is 0 Å². The van der Waals surface area contributed by atoms with E-state index in [9.17, 15) is 4.79 Å². The molecule has 8 heteroatoms. The summed E-state index contributed by atoms with van der Waals surface area (Å²) in [5.41, 5.74) is 1.70. The number of hydrogen-bond donors (Lipinski definition) is 0. The van der Waals surface area contributed by atoms with Gasteiger partial charge in [-0.25, -0.2) is 0 Å². The second-order valence-electron chi connectivity index (χ2n) is 9.66. The van der Waals surface area contributed by atoms with E-state index in [1.54, 1.807) is 0 Å². The lowest BCUT2D eigenvalue weighted by molar-refractivity contribution is -0.146. The summed E-state index contributed by atoms with van der Waals surface area (Å²) in [5.74, 6) is 0.880. The molecular formula is C29H40Cl3NO4. The summed E-state index contributed by atoms with van der Waals surface area (Å²) in [6.45, 7) is 14.1. The summed E-state index contributed by atoms with van der Waals surface area (Å²) in [6.07, 6.45) is 2.77. The minimum absolute atomic E-state index is 0.0575. The Morgan fingerprint density at radius 3 is 2.05 bits per heavy atom. The second-order valence-corrected chi connectivity index (χ2v) is 10.8. The molecule has 0 spiro atoms. The van der Waals surface area contributed by atoms with E-state index in [0.717, 1.165) is 42.9 Å². The monoisotopic (exact) mass is 571 g/mol. The highest BCUT2D eigenvalue weighted by atomic mass is 35.5. The van der Waals surface area contributed by atoms with Gasteiger partial charge in [-0.1, -0.05) is 63.0 Å². The van der Waals surface area contributed by atoms with Crippen LogP contribution in [0.25, 0.3) is 0 Å². The summed E-state index contributed by atoms with van der Waals surface area (Å²) in [7, 11) is 0. The number of hydrogen-bond acceptors (Lipinski definition) is 5. The van der Waals surface area contributed by atoms with Crippen LogP contribution in [0.2, 0.25) is 10.0 Å². The highest BCUT2D eigenvalue weighted by Crippen LogP contribution is 2.40. The van der Waals surface area contributed by atoms with Crippen molar-refractivity contribution in [2.75, 3.05) is 38.7 Å². The highest BCUT2D eigenvalue weighted by Gasteiger charge is 2.26. The smallest absolute Gasteiger partial charge is 0.303 e. The predicted octanol–water partition coefficient (Wildman–Crippen LogP) is 7.76. The minimum atomic E-state index is -0.588. The molecule has 0 heterocycles. The zero-order valence-corrected chi connectivity index (χ0v) is 24.9. The second kappa shape index (κ2) is 15.7. The van der Waals surface area contributed by atoms with Crippen molar-refractivity contribution in [2.45, 2.75) is 65.4 Å². The molecule has 0 saturated heterocycles. The zero-order chi connectivity index (χ0) is 27.4. The van der Waals surface area contributed by atoms with Crippen LogP contribution >= 0.6 is 34.8 Å². The van der Waals surface area contributed by atoms with Gasteiger partial charge in [0.1, 0.15) is 18.5 Å². The Bertz CT molecular complexity index is 953. The van der Waals surface area contributed by atoms with Gasteiger partial charge in [-0.05, 0) is 67.7 Å². The number of carbonyl (C=O) groups is 1. The number of rotatable bonds is 16. The standard InChI is InChI=1S/C29H40Cl3NO4/c1-6-13-33(14-7-2)15-8-16-35-24-11-9-22(10-12-24)29(4,5)23-17-26(31)28(27(32)18-23)36-20-25(19-30)37-21(3)34/h9-12,17-18,25H,6-8,13-16,19-20H2,1-5H3/t25-/m0/s1. The summed E-state index contributed by atoms with van der Waals surface area (Å²) in [5, 5.41) is 0.763. The van der Waals surface area contributed by atoms with Gasteiger partial charge in [-0.3, -0.25) is 4.79 Å². The first-order chi connectivity index (χ1) is 17.6.